The molecule has 0 aliphatic carbocycles. The Balaban J connectivity index is 2.03. The Kier molecular flexibility index (Phi) is 4.58. The van der Waals surface area contributed by atoms with Crippen molar-refractivity contribution in [1.82, 2.24) is 10.6 Å². The van der Waals surface area contributed by atoms with Crippen LogP contribution in [-0.2, 0) is 4.74 Å². The maximum atomic E-state index is 5.26. The van der Waals surface area contributed by atoms with Gasteiger partial charge in [-0.25, -0.2) is 0 Å². The van der Waals surface area contributed by atoms with Crippen LogP contribution in [-0.4, -0.2) is 38.9 Å². The van der Waals surface area contributed by atoms with Crippen molar-refractivity contribution in [1.29, 1.82) is 0 Å². The summed E-state index contributed by atoms with van der Waals surface area (Å²) in [6.45, 7) is 5.39. The molecule has 0 bridgehead atoms. The van der Waals surface area contributed by atoms with Crippen LogP contribution >= 0.6 is 0 Å². The van der Waals surface area contributed by atoms with Crippen LogP contribution in [0.15, 0.2) is 0 Å². The molecule has 2 N–H and O–H groups in total. The van der Waals surface area contributed by atoms with E-state index in [0.717, 1.165) is 26.1 Å². The number of ether oxygens (including phenoxy) is 1. The maximum Gasteiger partial charge on any atom is 0.0711 e. The minimum absolute atomic E-state index is 0.429. The van der Waals surface area contributed by atoms with Gasteiger partial charge in [-0.2, -0.15) is 0 Å². The third-order valence-corrected chi connectivity index (χ3v) is 2.33. The van der Waals surface area contributed by atoms with Gasteiger partial charge in [0.2, 0.25) is 0 Å². The largest absolute Gasteiger partial charge is 0.380 e. The Labute approximate surface area is 74.9 Å². The van der Waals surface area contributed by atoms with Gasteiger partial charge in [-0.1, -0.05) is 6.92 Å². The minimum atomic E-state index is 0.429. The highest BCUT2D eigenvalue weighted by molar-refractivity contribution is 4.83. The molecule has 2 unspecified atom stereocenters. The summed E-state index contributed by atoms with van der Waals surface area (Å²) in [5.41, 5.74) is 0. The molecule has 1 aliphatic heterocycles. The molecule has 0 aromatic carbocycles. The summed E-state index contributed by atoms with van der Waals surface area (Å²) in [4.78, 5) is 0. The van der Waals surface area contributed by atoms with Crippen LogP contribution in [0.1, 0.15) is 19.8 Å². The van der Waals surface area contributed by atoms with Gasteiger partial charge in [0.25, 0.3) is 0 Å². The van der Waals surface area contributed by atoms with E-state index < -0.39 is 0 Å². The van der Waals surface area contributed by atoms with Crippen molar-refractivity contribution in [3.63, 3.8) is 0 Å². The Morgan fingerprint density at radius 2 is 2.42 bits per heavy atom. The fraction of sp³-hybridized carbons (Fsp3) is 1.00. The van der Waals surface area contributed by atoms with Crippen molar-refractivity contribution < 1.29 is 4.74 Å². The zero-order valence-electron chi connectivity index (χ0n) is 8.10. The monoisotopic (exact) mass is 172 g/mol. The Hall–Kier alpha value is -0.120. The first-order valence-electron chi connectivity index (χ1n) is 4.83. The number of nitrogens with one attached hydrogen (secondary N) is 2. The van der Waals surface area contributed by atoms with E-state index in [1.807, 2.05) is 0 Å². The van der Waals surface area contributed by atoms with Crippen LogP contribution < -0.4 is 10.6 Å². The van der Waals surface area contributed by atoms with E-state index >= 15 is 0 Å². The zero-order valence-corrected chi connectivity index (χ0v) is 8.10. The second-order valence-corrected chi connectivity index (χ2v) is 3.40. The Bertz CT molecular complexity index is 119. The fourth-order valence-corrected chi connectivity index (χ4v) is 1.57. The summed E-state index contributed by atoms with van der Waals surface area (Å²) >= 11 is 0. The molecular weight excluding hydrogens is 152 g/mol. The third kappa shape index (κ3) is 3.09. The van der Waals surface area contributed by atoms with Gasteiger partial charge in [0.1, 0.15) is 0 Å². The summed E-state index contributed by atoms with van der Waals surface area (Å²) < 4.78 is 5.26. The average Bonchev–Trinajstić information content (AvgIpc) is 2.53. The van der Waals surface area contributed by atoms with E-state index in [-0.39, 0.29) is 0 Å². The molecule has 2 atom stereocenters. The highest BCUT2D eigenvalue weighted by atomic mass is 16.5. The summed E-state index contributed by atoms with van der Waals surface area (Å²) in [6, 6.07) is 0.612. The molecule has 0 amide bonds. The van der Waals surface area contributed by atoms with Crippen LogP contribution in [0.3, 0.4) is 0 Å². The number of hydrogen-bond acceptors (Lipinski definition) is 3. The van der Waals surface area contributed by atoms with E-state index in [1.54, 1.807) is 7.11 Å². The summed E-state index contributed by atoms with van der Waals surface area (Å²) in [5, 5.41) is 6.83. The van der Waals surface area contributed by atoms with Crippen LogP contribution in [0, 0.1) is 0 Å². The lowest BCUT2D eigenvalue weighted by molar-refractivity contribution is 0.117. The molecule has 1 fully saturated rings. The number of hydrogen-bond donors (Lipinski definition) is 2. The average molecular weight is 172 g/mol. The van der Waals surface area contributed by atoms with Crippen molar-refractivity contribution >= 4 is 0 Å². The van der Waals surface area contributed by atoms with Gasteiger partial charge in [-0.3, -0.25) is 0 Å². The molecule has 0 aromatic rings. The van der Waals surface area contributed by atoms with Gasteiger partial charge < -0.3 is 15.4 Å². The smallest absolute Gasteiger partial charge is 0.0711 e. The fourth-order valence-electron chi connectivity index (χ4n) is 1.57. The Morgan fingerprint density at radius 1 is 1.58 bits per heavy atom. The molecule has 72 valence electrons. The molecule has 3 heteroatoms. The molecular formula is C9H20N2O. The first kappa shape index (κ1) is 9.96. The first-order chi connectivity index (χ1) is 5.86. The lowest BCUT2D eigenvalue weighted by Crippen LogP contribution is -2.34. The minimum Gasteiger partial charge on any atom is -0.380 e. The van der Waals surface area contributed by atoms with Crippen LogP contribution in [0.2, 0.25) is 0 Å². The van der Waals surface area contributed by atoms with Crippen molar-refractivity contribution in [2.75, 3.05) is 26.7 Å². The molecule has 3 nitrogen and oxygen atoms in total. The van der Waals surface area contributed by atoms with E-state index in [9.17, 15) is 0 Å². The van der Waals surface area contributed by atoms with Crippen molar-refractivity contribution in [3.8, 4) is 0 Å². The lowest BCUT2D eigenvalue weighted by Gasteiger charge is -2.10. The second-order valence-electron chi connectivity index (χ2n) is 3.40. The van der Waals surface area contributed by atoms with Crippen LogP contribution in [0.5, 0.6) is 0 Å². The van der Waals surface area contributed by atoms with E-state index in [2.05, 4.69) is 17.6 Å². The van der Waals surface area contributed by atoms with Gasteiger partial charge in [-0.05, 0) is 19.4 Å². The SMILES string of the molecule is CCCNCC1CC(OC)CN1. The highest BCUT2D eigenvalue weighted by Gasteiger charge is 2.22. The number of methoxy groups -OCH3 is 1. The van der Waals surface area contributed by atoms with Gasteiger partial charge in [0.15, 0.2) is 0 Å². The van der Waals surface area contributed by atoms with Gasteiger partial charge in [0.05, 0.1) is 6.10 Å². The van der Waals surface area contributed by atoms with Gasteiger partial charge in [-0.15, -0.1) is 0 Å². The normalized spacial score (nSPS) is 29.5. The third-order valence-electron chi connectivity index (χ3n) is 2.33. The topological polar surface area (TPSA) is 33.3 Å². The molecule has 1 rings (SSSR count). The lowest BCUT2D eigenvalue weighted by atomic mass is 10.2. The van der Waals surface area contributed by atoms with Crippen molar-refractivity contribution in [3.05, 3.63) is 0 Å². The second kappa shape index (κ2) is 5.51. The van der Waals surface area contributed by atoms with Crippen molar-refractivity contribution in [2.45, 2.75) is 31.9 Å². The van der Waals surface area contributed by atoms with E-state index in [1.165, 1.54) is 6.42 Å². The molecule has 0 saturated carbocycles. The van der Waals surface area contributed by atoms with Crippen LogP contribution in [0.4, 0.5) is 0 Å². The molecule has 1 saturated heterocycles. The van der Waals surface area contributed by atoms with Crippen LogP contribution in [0.25, 0.3) is 0 Å². The quantitative estimate of drug-likeness (QED) is 0.588. The van der Waals surface area contributed by atoms with Crippen molar-refractivity contribution in [2.24, 2.45) is 0 Å². The number of rotatable bonds is 5. The predicted molar refractivity (Wildman–Crippen MR) is 50.4 cm³/mol. The molecule has 0 spiro atoms. The zero-order chi connectivity index (χ0) is 8.81. The van der Waals surface area contributed by atoms with Gasteiger partial charge >= 0.3 is 0 Å². The maximum absolute atomic E-state index is 5.26. The van der Waals surface area contributed by atoms with E-state index in [4.69, 9.17) is 4.74 Å². The van der Waals surface area contributed by atoms with E-state index in [0.29, 0.717) is 12.1 Å². The van der Waals surface area contributed by atoms with Gasteiger partial charge in [0, 0.05) is 26.2 Å². The molecule has 1 aliphatic rings. The summed E-state index contributed by atoms with van der Waals surface area (Å²) in [7, 11) is 1.79. The summed E-state index contributed by atoms with van der Waals surface area (Å²) in [5.74, 6) is 0. The standard InChI is InChI=1S/C9H20N2O/c1-3-4-10-6-8-5-9(12-2)7-11-8/h8-11H,3-7H2,1-2H3. The molecule has 0 radical (unpaired) electrons. The summed E-state index contributed by atoms with van der Waals surface area (Å²) in [6.07, 6.45) is 2.78. The first-order valence-corrected chi connectivity index (χ1v) is 4.83. The molecule has 12 heavy (non-hydrogen) atoms. The molecule has 0 aromatic heterocycles. The highest BCUT2D eigenvalue weighted by Crippen LogP contribution is 2.08. The predicted octanol–water partition coefficient (Wildman–Crippen LogP) is 0.363. The Morgan fingerprint density at radius 3 is 3.00 bits per heavy atom. The molecule has 1 heterocycles.